The van der Waals surface area contributed by atoms with E-state index < -0.39 is 21.7 Å². The normalized spacial score (nSPS) is 14.8. The molecule has 1 aromatic carbocycles. The van der Waals surface area contributed by atoms with Gasteiger partial charge in [0.1, 0.15) is 23.8 Å². The van der Waals surface area contributed by atoms with Crippen LogP contribution in [-0.2, 0) is 9.84 Å². The minimum atomic E-state index is -3.55. The van der Waals surface area contributed by atoms with Crippen LogP contribution in [0.3, 0.4) is 0 Å². The van der Waals surface area contributed by atoms with Crippen LogP contribution in [0.2, 0.25) is 0 Å². The van der Waals surface area contributed by atoms with Crippen LogP contribution in [0, 0.1) is 5.82 Å². The molecule has 0 radical (unpaired) electrons. The number of amides is 1. The second-order valence-corrected chi connectivity index (χ2v) is 9.25. The predicted octanol–water partition coefficient (Wildman–Crippen LogP) is 3.18. The quantitative estimate of drug-likeness (QED) is 0.601. The number of ether oxygens (including phenoxy) is 1. The van der Waals surface area contributed by atoms with Gasteiger partial charge in [0, 0.05) is 43.9 Å². The van der Waals surface area contributed by atoms with Crippen LogP contribution in [0.15, 0.2) is 41.7 Å². The van der Waals surface area contributed by atoms with Gasteiger partial charge in [-0.2, -0.15) is 0 Å². The molecule has 12 heteroatoms. The van der Waals surface area contributed by atoms with Gasteiger partial charge in [-0.3, -0.25) is 4.98 Å². The Morgan fingerprint density at radius 2 is 1.91 bits per heavy atom. The molecule has 0 saturated carbocycles. The second kappa shape index (κ2) is 9.21. The van der Waals surface area contributed by atoms with Crippen LogP contribution in [0.1, 0.15) is 12.8 Å². The lowest BCUT2D eigenvalue weighted by Crippen LogP contribution is -2.41. The Kier molecular flexibility index (Phi) is 6.79. The first kappa shape index (κ1) is 23.6. The van der Waals surface area contributed by atoms with Gasteiger partial charge in [-0.1, -0.05) is 0 Å². The van der Waals surface area contributed by atoms with Crippen molar-refractivity contribution in [1.82, 2.24) is 19.9 Å². The first-order valence-electron chi connectivity index (χ1n) is 9.48. The van der Waals surface area contributed by atoms with E-state index in [-0.39, 0.29) is 34.7 Å². The highest BCUT2D eigenvalue weighted by atomic mass is 35.5. The SMILES string of the molecule is CS(=O)(=O)c1ccc(-c2nccc3c(OC4CCN(C(=O)O)CC4)ncnc23)c(F)c1.Cl. The number of sulfone groups is 1. The number of piperidine rings is 1. The molecule has 4 rings (SSSR count). The van der Waals surface area contributed by atoms with Gasteiger partial charge in [0.15, 0.2) is 9.84 Å². The number of halogens is 2. The fourth-order valence-corrected chi connectivity index (χ4v) is 4.13. The molecule has 0 aliphatic carbocycles. The van der Waals surface area contributed by atoms with E-state index in [1.807, 2.05) is 0 Å². The zero-order chi connectivity index (χ0) is 22.2. The van der Waals surface area contributed by atoms with Crippen molar-refractivity contribution < 1.29 is 27.4 Å². The molecule has 0 bridgehead atoms. The molecule has 2 aromatic heterocycles. The third-order valence-electron chi connectivity index (χ3n) is 5.13. The van der Waals surface area contributed by atoms with E-state index in [4.69, 9.17) is 9.84 Å². The molecule has 0 atom stereocenters. The molecule has 1 aliphatic rings. The highest BCUT2D eigenvalue weighted by Gasteiger charge is 2.25. The Hall–Kier alpha value is -3.05. The number of hydrogen-bond donors (Lipinski definition) is 1. The Morgan fingerprint density at radius 1 is 1.19 bits per heavy atom. The van der Waals surface area contributed by atoms with E-state index in [9.17, 15) is 17.6 Å². The van der Waals surface area contributed by atoms with Gasteiger partial charge in [-0.15, -0.1) is 12.4 Å². The zero-order valence-electron chi connectivity index (χ0n) is 16.9. The van der Waals surface area contributed by atoms with Gasteiger partial charge in [0.2, 0.25) is 5.88 Å². The van der Waals surface area contributed by atoms with Crippen molar-refractivity contribution in [3.63, 3.8) is 0 Å². The number of pyridine rings is 1. The Morgan fingerprint density at radius 3 is 2.53 bits per heavy atom. The second-order valence-electron chi connectivity index (χ2n) is 7.24. The van der Waals surface area contributed by atoms with Crippen molar-refractivity contribution in [2.24, 2.45) is 0 Å². The topological polar surface area (TPSA) is 123 Å². The van der Waals surface area contributed by atoms with Gasteiger partial charge in [0.05, 0.1) is 16.0 Å². The fourth-order valence-electron chi connectivity index (χ4n) is 3.50. The number of likely N-dealkylation sites (tertiary alicyclic amines) is 1. The van der Waals surface area contributed by atoms with Crippen LogP contribution in [0.5, 0.6) is 5.88 Å². The number of rotatable bonds is 4. The third kappa shape index (κ3) is 4.73. The van der Waals surface area contributed by atoms with Gasteiger partial charge in [0.25, 0.3) is 0 Å². The molecule has 1 N–H and O–H groups in total. The van der Waals surface area contributed by atoms with E-state index >= 15 is 0 Å². The molecule has 9 nitrogen and oxygen atoms in total. The van der Waals surface area contributed by atoms with Gasteiger partial charge in [-0.25, -0.2) is 27.6 Å². The van der Waals surface area contributed by atoms with Crippen molar-refractivity contribution in [3.8, 4) is 17.1 Å². The Balaban J connectivity index is 0.00000289. The standard InChI is InChI=1S/C20H19FN4O5S.ClH/c1-31(28,29)13-2-3-14(16(21)10-13)17-18-15(4-7-22-17)19(24-11-23-18)30-12-5-8-25(9-6-12)20(26)27;/h2-4,7,10-12H,5-6,8-9H2,1H3,(H,26,27);1H. The summed E-state index contributed by atoms with van der Waals surface area (Å²) in [6.45, 7) is 0.738. The van der Waals surface area contributed by atoms with Crippen molar-refractivity contribution in [3.05, 3.63) is 42.6 Å². The molecule has 1 saturated heterocycles. The predicted molar refractivity (Wildman–Crippen MR) is 116 cm³/mol. The van der Waals surface area contributed by atoms with Gasteiger partial charge < -0.3 is 14.7 Å². The Bertz CT molecular complexity index is 1270. The minimum Gasteiger partial charge on any atom is -0.474 e. The smallest absolute Gasteiger partial charge is 0.407 e. The van der Waals surface area contributed by atoms with Gasteiger partial charge >= 0.3 is 6.09 Å². The van der Waals surface area contributed by atoms with E-state index in [2.05, 4.69) is 15.0 Å². The molecule has 170 valence electrons. The molecule has 1 aliphatic heterocycles. The summed E-state index contributed by atoms with van der Waals surface area (Å²) in [4.78, 5) is 24.9. The lowest BCUT2D eigenvalue weighted by Gasteiger charge is -2.30. The summed E-state index contributed by atoms with van der Waals surface area (Å²) in [5, 5.41) is 9.60. The molecular formula is C20H20ClFN4O5S. The highest BCUT2D eigenvalue weighted by molar-refractivity contribution is 7.90. The number of carbonyl (C=O) groups is 1. The molecule has 32 heavy (non-hydrogen) atoms. The molecule has 1 amide bonds. The molecular weight excluding hydrogens is 463 g/mol. The number of aromatic nitrogens is 3. The summed E-state index contributed by atoms with van der Waals surface area (Å²) in [5.74, 6) is -0.430. The lowest BCUT2D eigenvalue weighted by molar-refractivity contribution is 0.0879. The van der Waals surface area contributed by atoms with Crippen molar-refractivity contribution in [1.29, 1.82) is 0 Å². The largest absolute Gasteiger partial charge is 0.474 e. The van der Waals surface area contributed by atoms with E-state index in [0.29, 0.717) is 42.7 Å². The maximum absolute atomic E-state index is 14.7. The summed E-state index contributed by atoms with van der Waals surface area (Å²) in [6.07, 6.45) is 3.66. The molecule has 3 aromatic rings. The van der Waals surface area contributed by atoms with Crippen LogP contribution in [0.4, 0.5) is 9.18 Å². The number of benzene rings is 1. The molecule has 1 fully saturated rings. The summed E-state index contributed by atoms with van der Waals surface area (Å²) < 4.78 is 44.1. The number of nitrogens with zero attached hydrogens (tertiary/aromatic N) is 4. The van der Waals surface area contributed by atoms with E-state index in [1.165, 1.54) is 29.6 Å². The maximum atomic E-state index is 14.7. The van der Waals surface area contributed by atoms with Crippen molar-refractivity contribution in [2.75, 3.05) is 19.3 Å². The van der Waals surface area contributed by atoms with E-state index in [1.54, 1.807) is 6.07 Å². The monoisotopic (exact) mass is 482 g/mol. The van der Waals surface area contributed by atoms with Crippen molar-refractivity contribution in [2.45, 2.75) is 23.8 Å². The average molecular weight is 483 g/mol. The average Bonchev–Trinajstić information content (AvgIpc) is 2.73. The third-order valence-corrected chi connectivity index (χ3v) is 6.24. The van der Waals surface area contributed by atoms with Gasteiger partial charge in [-0.05, 0) is 24.3 Å². The number of fused-ring (bicyclic) bond motifs is 1. The van der Waals surface area contributed by atoms with E-state index in [0.717, 1.165) is 12.3 Å². The molecule has 3 heterocycles. The Labute approximate surface area is 189 Å². The first-order chi connectivity index (χ1) is 14.7. The van der Waals surface area contributed by atoms with Crippen LogP contribution >= 0.6 is 12.4 Å². The van der Waals surface area contributed by atoms with Crippen LogP contribution < -0.4 is 4.74 Å². The zero-order valence-corrected chi connectivity index (χ0v) is 18.6. The number of carboxylic acid groups (broad SMARTS) is 1. The van der Waals surface area contributed by atoms with Crippen LogP contribution in [-0.4, -0.2) is 64.9 Å². The maximum Gasteiger partial charge on any atom is 0.407 e. The summed E-state index contributed by atoms with van der Waals surface area (Å²) >= 11 is 0. The lowest BCUT2D eigenvalue weighted by atomic mass is 10.1. The summed E-state index contributed by atoms with van der Waals surface area (Å²) in [5.41, 5.74) is 0.710. The van der Waals surface area contributed by atoms with Crippen molar-refractivity contribution >= 4 is 39.2 Å². The highest BCUT2D eigenvalue weighted by Crippen LogP contribution is 2.32. The van der Waals surface area contributed by atoms with Crippen LogP contribution in [0.25, 0.3) is 22.2 Å². The molecule has 0 spiro atoms. The molecule has 0 unspecified atom stereocenters. The summed E-state index contributed by atoms with van der Waals surface area (Å²) in [7, 11) is -3.55. The number of hydrogen-bond acceptors (Lipinski definition) is 7. The fraction of sp³-hybridized carbons (Fsp3) is 0.300. The minimum absolute atomic E-state index is 0. The first-order valence-corrected chi connectivity index (χ1v) is 11.4. The summed E-state index contributed by atoms with van der Waals surface area (Å²) in [6, 6.07) is 5.30.